The average molecular weight is 274 g/mol. The molecule has 3 heteroatoms. The minimum atomic E-state index is 0. The molecule has 0 saturated carbocycles. The third-order valence-corrected chi connectivity index (χ3v) is 3.49. The van der Waals surface area contributed by atoms with E-state index in [4.69, 9.17) is 0 Å². The van der Waals surface area contributed by atoms with Gasteiger partial charge in [0.15, 0.2) is 5.78 Å². The molecule has 2 aromatic carbocycles. The van der Waals surface area contributed by atoms with Crippen LogP contribution in [-0.4, -0.2) is 12.3 Å². The molecule has 0 aliphatic carbocycles. The second kappa shape index (κ2) is 6.00. The molecule has 2 N–H and O–H groups in total. The molecule has 0 bridgehead atoms. The topological polar surface area (TPSA) is 33.7 Å². The summed E-state index contributed by atoms with van der Waals surface area (Å²) in [7, 11) is 0. The zero-order valence-electron chi connectivity index (χ0n) is 10.6. The van der Waals surface area contributed by atoms with E-state index in [0.29, 0.717) is 0 Å². The molecule has 1 aliphatic rings. The van der Waals surface area contributed by atoms with Crippen LogP contribution in [0.4, 0.5) is 0 Å². The fourth-order valence-electron chi connectivity index (χ4n) is 2.47. The zero-order chi connectivity index (χ0) is 12.4. The molecule has 19 heavy (non-hydrogen) atoms. The highest BCUT2D eigenvalue weighted by Gasteiger charge is 2.15. The van der Waals surface area contributed by atoms with E-state index in [9.17, 15) is 4.79 Å². The van der Waals surface area contributed by atoms with Gasteiger partial charge in [-0.2, -0.15) is 0 Å². The summed E-state index contributed by atoms with van der Waals surface area (Å²) in [5.74, 6) is 0.115. The SMILES string of the molecule is O=C(c1ccccc1)c1ccc2c(c1)C[NH2+]CC2.[Cl-]. The van der Waals surface area contributed by atoms with Crippen LogP contribution in [0.1, 0.15) is 27.0 Å². The van der Waals surface area contributed by atoms with Gasteiger partial charge in [-0.15, -0.1) is 0 Å². The molecule has 0 aromatic heterocycles. The van der Waals surface area contributed by atoms with E-state index in [1.54, 1.807) is 0 Å². The van der Waals surface area contributed by atoms with Gasteiger partial charge in [-0.1, -0.05) is 42.5 Å². The molecule has 0 fully saturated rings. The molecule has 0 amide bonds. The van der Waals surface area contributed by atoms with Crippen LogP contribution >= 0.6 is 0 Å². The lowest BCUT2D eigenvalue weighted by Crippen LogP contribution is -3.00. The monoisotopic (exact) mass is 273 g/mol. The minimum absolute atomic E-state index is 0. The lowest BCUT2D eigenvalue weighted by molar-refractivity contribution is -0.673. The van der Waals surface area contributed by atoms with Crippen molar-refractivity contribution in [3.8, 4) is 0 Å². The number of carbonyl (C=O) groups is 1. The second-order valence-electron chi connectivity index (χ2n) is 4.71. The molecule has 3 rings (SSSR count). The van der Waals surface area contributed by atoms with Crippen LogP contribution in [0.5, 0.6) is 0 Å². The van der Waals surface area contributed by atoms with Crippen LogP contribution in [-0.2, 0) is 13.0 Å². The van der Waals surface area contributed by atoms with Crippen LogP contribution in [0, 0.1) is 0 Å². The predicted molar refractivity (Wildman–Crippen MR) is 70.5 cm³/mol. The van der Waals surface area contributed by atoms with Crippen molar-refractivity contribution in [3.63, 3.8) is 0 Å². The zero-order valence-corrected chi connectivity index (χ0v) is 11.4. The fourth-order valence-corrected chi connectivity index (χ4v) is 2.47. The van der Waals surface area contributed by atoms with Gasteiger partial charge in [0.1, 0.15) is 6.54 Å². The van der Waals surface area contributed by atoms with E-state index in [1.165, 1.54) is 11.1 Å². The van der Waals surface area contributed by atoms with E-state index < -0.39 is 0 Å². The number of quaternary nitrogens is 1. The molecule has 1 heterocycles. The van der Waals surface area contributed by atoms with Gasteiger partial charge >= 0.3 is 0 Å². The molecule has 0 spiro atoms. The Hall–Kier alpha value is -1.64. The molecular formula is C16H16ClNO. The maximum absolute atomic E-state index is 12.3. The molecule has 98 valence electrons. The maximum atomic E-state index is 12.3. The van der Waals surface area contributed by atoms with Gasteiger partial charge in [0, 0.05) is 23.1 Å². The first-order valence-corrected chi connectivity index (χ1v) is 6.38. The van der Waals surface area contributed by atoms with Crippen molar-refractivity contribution in [1.82, 2.24) is 0 Å². The van der Waals surface area contributed by atoms with Crippen LogP contribution in [0.15, 0.2) is 48.5 Å². The lowest BCUT2D eigenvalue weighted by Gasteiger charge is -2.15. The first-order chi connectivity index (χ1) is 8.84. The molecule has 0 saturated heterocycles. The predicted octanol–water partition coefficient (Wildman–Crippen LogP) is -1.46. The third-order valence-electron chi connectivity index (χ3n) is 3.49. The Bertz CT molecular complexity index is 581. The van der Waals surface area contributed by atoms with Crippen LogP contribution < -0.4 is 17.7 Å². The molecule has 1 aliphatic heterocycles. The summed E-state index contributed by atoms with van der Waals surface area (Å²) in [6.07, 6.45) is 1.11. The summed E-state index contributed by atoms with van der Waals surface area (Å²) in [6.45, 7) is 2.14. The Kier molecular flexibility index (Phi) is 4.35. The van der Waals surface area contributed by atoms with Crippen LogP contribution in [0.2, 0.25) is 0 Å². The number of hydrogen-bond donors (Lipinski definition) is 1. The number of benzene rings is 2. The maximum Gasteiger partial charge on any atom is 0.193 e. The molecule has 0 atom stereocenters. The van der Waals surface area contributed by atoms with Crippen molar-refractivity contribution >= 4 is 5.78 Å². The van der Waals surface area contributed by atoms with E-state index >= 15 is 0 Å². The molecule has 0 radical (unpaired) electrons. The smallest absolute Gasteiger partial charge is 0.193 e. The Morgan fingerprint density at radius 3 is 2.53 bits per heavy atom. The number of carbonyl (C=O) groups excluding carboxylic acids is 1. The van der Waals surface area contributed by atoms with E-state index in [1.807, 2.05) is 36.4 Å². The average Bonchev–Trinajstić information content (AvgIpc) is 2.47. The molecular weight excluding hydrogens is 258 g/mol. The minimum Gasteiger partial charge on any atom is -1.00 e. The first kappa shape index (κ1) is 13.8. The van der Waals surface area contributed by atoms with E-state index in [0.717, 1.165) is 30.6 Å². The highest BCUT2D eigenvalue weighted by molar-refractivity contribution is 6.09. The lowest BCUT2D eigenvalue weighted by atomic mass is 9.95. The Morgan fingerprint density at radius 2 is 1.74 bits per heavy atom. The number of hydrogen-bond acceptors (Lipinski definition) is 1. The van der Waals surface area contributed by atoms with Gasteiger partial charge < -0.3 is 17.7 Å². The van der Waals surface area contributed by atoms with Crippen molar-refractivity contribution < 1.29 is 22.5 Å². The Labute approximate surface area is 119 Å². The van der Waals surface area contributed by atoms with Gasteiger partial charge in [0.2, 0.25) is 0 Å². The van der Waals surface area contributed by atoms with Crippen LogP contribution in [0.3, 0.4) is 0 Å². The van der Waals surface area contributed by atoms with Crippen molar-refractivity contribution in [2.24, 2.45) is 0 Å². The van der Waals surface area contributed by atoms with Gasteiger partial charge in [0.05, 0.1) is 6.54 Å². The third kappa shape index (κ3) is 2.86. The highest BCUT2D eigenvalue weighted by atomic mass is 35.5. The normalized spacial score (nSPS) is 13.3. The first-order valence-electron chi connectivity index (χ1n) is 6.38. The number of ketones is 1. The van der Waals surface area contributed by atoms with Gasteiger partial charge in [0.25, 0.3) is 0 Å². The molecule has 2 nitrogen and oxygen atoms in total. The summed E-state index contributed by atoms with van der Waals surface area (Å²) < 4.78 is 0. The quantitative estimate of drug-likeness (QED) is 0.667. The van der Waals surface area contributed by atoms with Crippen molar-refractivity contribution in [1.29, 1.82) is 0 Å². The van der Waals surface area contributed by atoms with Crippen molar-refractivity contribution in [2.45, 2.75) is 13.0 Å². The number of halogens is 1. The standard InChI is InChI=1S/C16H15NO.ClH/c18-16(13-4-2-1-3-5-13)14-7-6-12-8-9-17-11-15(12)10-14;/h1-7,10,17H,8-9,11H2;1H. The molecule has 2 aromatic rings. The summed E-state index contributed by atoms with van der Waals surface area (Å²) in [5.41, 5.74) is 4.26. The number of nitrogens with two attached hydrogens (primary N) is 1. The summed E-state index contributed by atoms with van der Waals surface area (Å²) >= 11 is 0. The van der Waals surface area contributed by atoms with E-state index in [-0.39, 0.29) is 18.2 Å². The van der Waals surface area contributed by atoms with Crippen molar-refractivity contribution in [3.05, 3.63) is 70.8 Å². The van der Waals surface area contributed by atoms with E-state index in [2.05, 4.69) is 17.4 Å². The van der Waals surface area contributed by atoms with Gasteiger partial charge in [-0.25, -0.2) is 0 Å². The molecule has 0 unspecified atom stereocenters. The number of fused-ring (bicyclic) bond motifs is 1. The Balaban J connectivity index is 0.00000133. The van der Waals surface area contributed by atoms with Gasteiger partial charge in [-0.3, -0.25) is 4.79 Å². The second-order valence-corrected chi connectivity index (χ2v) is 4.71. The Morgan fingerprint density at radius 1 is 0.947 bits per heavy atom. The fraction of sp³-hybridized carbons (Fsp3) is 0.188. The van der Waals surface area contributed by atoms with Crippen LogP contribution in [0.25, 0.3) is 0 Å². The van der Waals surface area contributed by atoms with Crippen molar-refractivity contribution in [2.75, 3.05) is 6.54 Å². The summed E-state index contributed by atoms with van der Waals surface area (Å²) in [6, 6.07) is 15.6. The number of rotatable bonds is 2. The summed E-state index contributed by atoms with van der Waals surface area (Å²) in [4.78, 5) is 12.3. The highest BCUT2D eigenvalue weighted by Crippen LogP contribution is 2.16. The largest absolute Gasteiger partial charge is 1.00 e. The summed E-state index contributed by atoms with van der Waals surface area (Å²) in [5, 5.41) is 2.29. The van der Waals surface area contributed by atoms with Gasteiger partial charge in [-0.05, 0) is 11.6 Å².